The first kappa shape index (κ1) is 23.0. The third-order valence-corrected chi connectivity index (χ3v) is 7.01. The Labute approximate surface area is 203 Å². The molecule has 1 fully saturated rings. The Balaban J connectivity index is 1.45. The van der Waals surface area contributed by atoms with E-state index in [2.05, 4.69) is 26.8 Å². The van der Waals surface area contributed by atoms with Crippen LogP contribution in [0.4, 0.5) is 5.69 Å². The van der Waals surface area contributed by atoms with Gasteiger partial charge in [0.2, 0.25) is 0 Å². The number of rotatable bonds is 7. The molecule has 0 amide bonds. The summed E-state index contributed by atoms with van der Waals surface area (Å²) in [5.74, 6) is 0.695. The van der Waals surface area contributed by atoms with Crippen LogP contribution in [0, 0.1) is 0 Å². The number of hydrogen-bond donors (Lipinski definition) is 1. The van der Waals surface area contributed by atoms with E-state index in [1.54, 1.807) is 7.11 Å². The summed E-state index contributed by atoms with van der Waals surface area (Å²) < 4.78 is 16.7. The van der Waals surface area contributed by atoms with Crippen LogP contribution in [0.1, 0.15) is 24.1 Å². The molecule has 0 saturated carbocycles. The summed E-state index contributed by atoms with van der Waals surface area (Å²) in [5.41, 5.74) is 2.26. The first-order chi connectivity index (χ1) is 16.5. The average Bonchev–Trinajstić information content (AvgIpc) is 3.25. The van der Waals surface area contributed by atoms with E-state index in [0.29, 0.717) is 48.5 Å². The van der Waals surface area contributed by atoms with E-state index in [9.17, 15) is 4.79 Å². The summed E-state index contributed by atoms with van der Waals surface area (Å²) >= 11 is 6.62. The highest BCUT2D eigenvalue weighted by Crippen LogP contribution is 2.38. The lowest BCUT2D eigenvalue weighted by Gasteiger charge is -2.31. The van der Waals surface area contributed by atoms with Crippen LogP contribution in [0.5, 0.6) is 11.8 Å². The smallest absolute Gasteiger partial charge is 0.296 e. The summed E-state index contributed by atoms with van der Waals surface area (Å²) in [6.45, 7) is 2.88. The maximum Gasteiger partial charge on any atom is 0.296 e. The molecule has 2 aliphatic rings. The molecule has 0 radical (unpaired) electrons. The predicted octanol–water partition coefficient (Wildman–Crippen LogP) is 3.59. The van der Waals surface area contributed by atoms with E-state index in [4.69, 9.17) is 25.8 Å². The van der Waals surface area contributed by atoms with Crippen LogP contribution in [0.25, 0.3) is 10.8 Å². The van der Waals surface area contributed by atoms with Gasteiger partial charge in [-0.2, -0.15) is 4.98 Å². The zero-order valence-corrected chi connectivity index (χ0v) is 20.2. The first-order valence-electron chi connectivity index (χ1n) is 11.6. The van der Waals surface area contributed by atoms with Gasteiger partial charge >= 0.3 is 0 Å². The molecule has 1 atom stereocenters. The van der Waals surface area contributed by atoms with E-state index in [-0.39, 0.29) is 18.4 Å². The average molecular weight is 485 g/mol. The molecule has 0 spiro atoms. The third kappa shape index (κ3) is 4.58. The number of aromatic nitrogens is 2. The summed E-state index contributed by atoms with van der Waals surface area (Å²) in [6.07, 6.45) is 2.84. The first-order valence-corrected chi connectivity index (χ1v) is 12.0. The van der Waals surface area contributed by atoms with Crippen LogP contribution in [-0.4, -0.2) is 61.6 Å². The highest BCUT2D eigenvalue weighted by Gasteiger charge is 2.25. The molecule has 2 aromatic carbocycles. The van der Waals surface area contributed by atoms with Crippen molar-refractivity contribution in [3.8, 4) is 11.8 Å². The van der Waals surface area contributed by atoms with Gasteiger partial charge in [-0.05, 0) is 50.4 Å². The van der Waals surface area contributed by atoms with Gasteiger partial charge in [0.05, 0.1) is 22.9 Å². The van der Waals surface area contributed by atoms with Gasteiger partial charge < -0.3 is 24.0 Å². The van der Waals surface area contributed by atoms with Crippen LogP contribution < -0.4 is 19.9 Å². The van der Waals surface area contributed by atoms with Crippen LogP contribution in [-0.2, 0) is 17.7 Å². The Morgan fingerprint density at radius 2 is 2.12 bits per heavy atom. The number of ether oxygens (including phenoxy) is 3. The van der Waals surface area contributed by atoms with Crippen LogP contribution in [0.2, 0.25) is 5.02 Å². The molecule has 2 aliphatic heterocycles. The van der Waals surface area contributed by atoms with Gasteiger partial charge in [-0.15, -0.1) is 0 Å². The predicted molar refractivity (Wildman–Crippen MR) is 132 cm³/mol. The molecule has 0 aliphatic carbocycles. The van der Waals surface area contributed by atoms with Crippen LogP contribution in [0.3, 0.4) is 0 Å². The SMILES string of the molecule is COCOc1cc(N2CCc3c(nc(OC[C@@H]4CCCN4C)[nH]c3=O)C2)c2c(Cl)cccc2c1. The molecule has 1 saturated heterocycles. The van der Waals surface area contributed by atoms with Gasteiger partial charge in [0.15, 0.2) is 6.79 Å². The Bertz CT molecular complexity index is 1250. The maximum absolute atomic E-state index is 12.8. The second kappa shape index (κ2) is 9.82. The minimum atomic E-state index is -0.125. The Morgan fingerprint density at radius 1 is 1.24 bits per heavy atom. The van der Waals surface area contributed by atoms with Gasteiger partial charge in [-0.3, -0.25) is 9.78 Å². The topological polar surface area (TPSA) is 79.9 Å². The number of nitrogens with zero attached hydrogens (tertiary/aromatic N) is 3. The molecule has 1 aromatic heterocycles. The molecule has 1 N–H and O–H groups in total. The number of hydrogen-bond acceptors (Lipinski definition) is 7. The summed E-state index contributed by atoms with van der Waals surface area (Å²) in [4.78, 5) is 24.7. The number of benzene rings is 2. The monoisotopic (exact) mass is 484 g/mol. The number of methoxy groups -OCH3 is 1. The van der Waals surface area contributed by atoms with Crippen molar-refractivity contribution in [3.63, 3.8) is 0 Å². The Hall–Kier alpha value is -2.81. The molecule has 3 heterocycles. The molecule has 34 heavy (non-hydrogen) atoms. The lowest BCUT2D eigenvalue weighted by Crippen LogP contribution is -2.36. The lowest BCUT2D eigenvalue weighted by molar-refractivity contribution is 0.0512. The zero-order chi connectivity index (χ0) is 23.7. The van der Waals surface area contributed by atoms with Crippen LogP contribution >= 0.6 is 11.6 Å². The fraction of sp³-hybridized carbons (Fsp3) is 0.440. The van der Waals surface area contributed by atoms with Gasteiger partial charge in [-0.1, -0.05) is 23.7 Å². The Kier molecular flexibility index (Phi) is 6.63. The summed E-state index contributed by atoms with van der Waals surface area (Å²) in [5, 5.41) is 2.59. The molecule has 0 unspecified atom stereocenters. The van der Waals surface area contributed by atoms with Crippen molar-refractivity contribution in [2.24, 2.45) is 0 Å². The van der Waals surface area contributed by atoms with Gasteiger partial charge in [0.1, 0.15) is 12.4 Å². The van der Waals surface area contributed by atoms with Gasteiger partial charge in [0.25, 0.3) is 11.6 Å². The molecular weight excluding hydrogens is 456 g/mol. The number of H-pyrrole nitrogens is 1. The number of anilines is 1. The Morgan fingerprint density at radius 3 is 2.91 bits per heavy atom. The highest BCUT2D eigenvalue weighted by molar-refractivity contribution is 6.36. The minimum absolute atomic E-state index is 0.125. The van der Waals surface area contributed by atoms with E-state index in [0.717, 1.165) is 41.5 Å². The van der Waals surface area contributed by atoms with Crippen molar-refractivity contribution < 1.29 is 14.2 Å². The summed E-state index contributed by atoms with van der Waals surface area (Å²) in [7, 11) is 3.69. The van der Waals surface area contributed by atoms with Gasteiger partial charge in [-0.25, -0.2) is 0 Å². The third-order valence-electron chi connectivity index (χ3n) is 6.70. The van der Waals surface area contributed by atoms with E-state index >= 15 is 0 Å². The minimum Gasteiger partial charge on any atom is -0.467 e. The molecule has 180 valence electrons. The zero-order valence-electron chi connectivity index (χ0n) is 19.5. The molecule has 3 aromatic rings. The largest absolute Gasteiger partial charge is 0.467 e. The maximum atomic E-state index is 12.8. The van der Waals surface area contributed by atoms with E-state index in [1.165, 1.54) is 0 Å². The molecule has 5 rings (SSSR count). The number of fused-ring (bicyclic) bond motifs is 2. The second-order valence-electron chi connectivity index (χ2n) is 8.89. The number of halogens is 1. The van der Waals surface area contributed by atoms with Crippen molar-refractivity contribution in [1.29, 1.82) is 0 Å². The van der Waals surface area contributed by atoms with Crippen molar-refractivity contribution >= 4 is 28.1 Å². The van der Waals surface area contributed by atoms with Gasteiger partial charge in [0, 0.05) is 36.7 Å². The van der Waals surface area contributed by atoms with Crippen molar-refractivity contribution in [2.45, 2.75) is 31.8 Å². The fourth-order valence-corrected chi connectivity index (χ4v) is 5.13. The van der Waals surface area contributed by atoms with Crippen LogP contribution in [0.15, 0.2) is 35.1 Å². The lowest BCUT2D eigenvalue weighted by atomic mass is 10.0. The standard InChI is InChI=1S/C25H29ClN4O4/c1-29-9-4-6-17(29)14-33-25-27-21-13-30(10-8-19(21)24(31)28-25)22-12-18(34-15-32-2)11-16-5-3-7-20(26)23(16)22/h3,5,7,11-12,17H,4,6,8-10,13-15H2,1-2H3,(H,27,28,31)/t17-/m0/s1. The number of aromatic amines is 1. The molecule has 0 bridgehead atoms. The van der Waals surface area contributed by atoms with E-state index in [1.807, 2.05) is 30.3 Å². The highest BCUT2D eigenvalue weighted by atomic mass is 35.5. The fourth-order valence-electron chi connectivity index (χ4n) is 4.85. The van der Waals surface area contributed by atoms with Crippen molar-refractivity contribution in [1.82, 2.24) is 14.9 Å². The van der Waals surface area contributed by atoms with Crippen molar-refractivity contribution in [2.75, 3.05) is 45.5 Å². The summed E-state index contributed by atoms with van der Waals surface area (Å²) in [6, 6.07) is 10.4. The molecule has 9 heteroatoms. The number of nitrogens with one attached hydrogen (secondary N) is 1. The number of likely N-dealkylation sites (tertiary alicyclic amines) is 1. The second-order valence-corrected chi connectivity index (χ2v) is 9.29. The van der Waals surface area contributed by atoms with E-state index < -0.39 is 0 Å². The number of likely N-dealkylation sites (N-methyl/N-ethyl adjacent to an activating group) is 1. The van der Waals surface area contributed by atoms with Crippen molar-refractivity contribution in [3.05, 3.63) is 57.0 Å². The molecular formula is C25H29ClN4O4. The quantitative estimate of drug-likeness (QED) is 0.513. The molecule has 8 nitrogen and oxygen atoms in total. The normalized spacial score (nSPS) is 18.3.